The number of rotatable bonds is 9. The van der Waals surface area contributed by atoms with E-state index in [0.29, 0.717) is 19.3 Å². The number of nitrogens with zero attached hydrogens (tertiary/aromatic N) is 4. The molecule has 0 aromatic carbocycles. The standard InChI is InChI=1S/C33H57FN6O9/c1-10-23-33(8)26(40(30(44)49-33)14-12-11-13-38-39-36)21(5)37-17-31(6,34)16-32(7,45-9)27(19(3)24(41)20(4)28(43)47-23)48-29-25(42)22(35)15-18(2)46-29/h18-23,25-27,29,37,42H,10-17,35H2,1-9H3/t18?,19-,20+,21+,22?,23+,25?,26+,27+,29-,31?,32+,33+/m0/s1. The summed E-state index contributed by atoms with van der Waals surface area (Å²) in [5, 5.41) is 17.7. The highest BCUT2D eigenvalue weighted by Gasteiger charge is 2.59. The molecule has 0 aliphatic carbocycles. The molecule has 0 saturated carbocycles. The van der Waals surface area contributed by atoms with Crippen LogP contribution in [0.1, 0.15) is 87.5 Å². The maximum atomic E-state index is 16.8. The minimum atomic E-state index is -1.96. The number of Topliss-reactive ketones (excluding diaryl/α,β-unsaturated/α-hetero) is 1. The van der Waals surface area contributed by atoms with Gasteiger partial charge in [-0.3, -0.25) is 14.5 Å². The highest BCUT2D eigenvalue weighted by molar-refractivity contribution is 6.00. The van der Waals surface area contributed by atoms with Gasteiger partial charge in [-0.05, 0) is 72.8 Å². The number of alkyl halides is 1. The van der Waals surface area contributed by atoms with Crippen LogP contribution in [0.3, 0.4) is 0 Å². The lowest BCUT2D eigenvalue weighted by atomic mass is 9.77. The minimum Gasteiger partial charge on any atom is -0.458 e. The number of aliphatic hydroxyl groups is 1. The first kappa shape index (κ1) is 40.8. The van der Waals surface area contributed by atoms with Crippen LogP contribution in [-0.2, 0) is 33.3 Å². The average Bonchev–Trinajstić information content (AvgIpc) is 3.30. The lowest BCUT2D eigenvalue weighted by Crippen LogP contribution is -2.62. The van der Waals surface area contributed by atoms with Crippen molar-refractivity contribution >= 4 is 17.8 Å². The molecule has 3 saturated heterocycles. The van der Waals surface area contributed by atoms with Crippen molar-refractivity contribution in [1.82, 2.24) is 10.2 Å². The molecule has 3 aliphatic rings. The Morgan fingerprint density at radius 2 is 1.86 bits per heavy atom. The van der Waals surface area contributed by atoms with Gasteiger partial charge in [-0.25, -0.2) is 9.18 Å². The third kappa shape index (κ3) is 9.21. The number of azide groups is 1. The Morgan fingerprint density at radius 1 is 1.18 bits per heavy atom. The van der Waals surface area contributed by atoms with Gasteiger partial charge in [-0.2, -0.15) is 0 Å². The Hall–Kier alpha value is -2.59. The summed E-state index contributed by atoms with van der Waals surface area (Å²) in [6, 6.07) is -1.92. The summed E-state index contributed by atoms with van der Waals surface area (Å²) in [5.74, 6) is -3.72. The Bertz CT molecular complexity index is 1220. The third-order valence-electron chi connectivity index (χ3n) is 10.4. The quantitative estimate of drug-likeness (QED) is 0.0792. The Labute approximate surface area is 288 Å². The van der Waals surface area contributed by atoms with Crippen LogP contribution in [0.25, 0.3) is 10.4 Å². The van der Waals surface area contributed by atoms with Gasteiger partial charge in [0.1, 0.15) is 23.8 Å². The fourth-order valence-corrected chi connectivity index (χ4v) is 7.71. The number of ketones is 1. The van der Waals surface area contributed by atoms with Crippen molar-refractivity contribution in [2.24, 2.45) is 22.7 Å². The number of methoxy groups -OCH3 is 1. The van der Waals surface area contributed by atoms with E-state index in [1.165, 1.54) is 21.0 Å². The van der Waals surface area contributed by atoms with E-state index in [1.54, 1.807) is 39.5 Å². The van der Waals surface area contributed by atoms with Gasteiger partial charge in [0, 0.05) is 56.1 Å². The number of halogens is 1. The predicted octanol–water partition coefficient (Wildman–Crippen LogP) is 3.54. The zero-order valence-corrected chi connectivity index (χ0v) is 30.4. The SMILES string of the molecule is CC[C@H]1OC(=O)[C@H](C)C(=O)[C@H](C)[C@@H](O[C@@H]2OC(C)CC(N)C2O)[C@](C)(OC)CC(C)(F)CN[C@H](C)[C@H]2N(CCCCN=[N+]=[N-])C(=O)O[C@]12C. The van der Waals surface area contributed by atoms with E-state index in [2.05, 4.69) is 15.3 Å². The number of aliphatic hydroxyl groups excluding tert-OH is 1. The van der Waals surface area contributed by atoms with Gasteiger partial charge < -0.3 is 39.8 Å². The number of nitrogens with two attached hydrogens (primary N) is 1. The number of hydrogen-bond donors (Lipinski definition) is 3. The van der Waals surface area contributed by atoms with Crippen molar-refractivity contribution in [2.45, 2.75) is 153 Å². The van der Waals surface area contributed by atoms with Crippen molar-refractivity contribution in [2.75, 3.05) is 26.7 Å². The third-order valence-corrected chi connectivity index (χ3v) is 10.4. The van der Waals surface area contributed by atoms with Gasteiger partial charge in [-0.15, -0.1) is 0 Å². The summed E-state index contributed by atoms with van der Waals surface area (Å²) in [7, 11) is 1.39. The highest BCUT2D eigenvalue weighted by atomic mass is 19.1. The maximum absolute atomic E-state index is 16.8. The van der Waals surface area contributed by atoms with Crippen molar-refractivity contribution in [1.29, 1.82) is 0 Å². The maximum Gasteiger partial charge on any atom is 0.410 e. The summed E-state index contributed by atoms with van der Waals surface area (Å²) < 4.78 is 46.9. The minimum absolute atomic E-state index is 0.189. The molecule has 0 spiro atoms. The molecule has 0 aromatic rings. The second-order valence-corrected chi connectivity index (χ2v) is 14.6. The molecule has 4 unspecified atom stereocenters. The van der Waals surface area contributed by atoms with E-state index >= 15 is 4.39 Å². The molecular formula is C33H57FN6O9. The number of hydrogen-bond acceptors (Lipinski definition) is 12. The molecule has 16 heteroatoms. The summed E-state index contributed by atoms with van der Waals surface area (Å²) in [6.45, 7) is 13.4. The molecule has 1 amide bonds. The first-order valence-corrected chi connectivity index (χ1v) is 17.3. The lowest BCUT2D eigenvalue weighted by molar-refractivity contribution is -0.290. The second-order valence-electron chi connectivity index (χ2n) is 14.6. The molecule has 280 valence electrons. The van der Waals surface area contributed by atoms with Crippen LogP contribution in [0.15, 0.2) is 5.11 Å². The molecule has 4 N–H and O–H groups in total. The van der Waals surface area contributed by atoms with Gasteiger partial charge in [0.15, 0.2) is 17.7 Å². The predicted molar refractivity (Wildman–Crippen MR) is 177 cm³/mol. The molecule has 49 heavy (non-hydrogen) atoms. The van der Waals surface area contributed by atoms with E-state index in [4.69, 9.17) is 34.9 Å². The second kappa shape index (κ2) is 16.6. The van der Waals surface area contributed by atoms with Crippen LogP contribution in [-0.4, -0.2) is 120 Å². The number of amides is 1. The first-order valence-electron chi connectivity index (χ1n) is 17.3. The number of carbonyl (C=O) groups is 3. The van der Waals surface area contributed by atoms with Crippen LogP contribution in [0.4, 0.5) is 9.18 Å². The Morgan fingerprint density at radius 3 is 2.47 bits per heavy atom. The number of cyclic esters (lactones) is 1. The summed E-state index contributed by atoms with van der Waals surface area (Å²) in [6.07, 6.45) is -4.17. The number of unbranched alkanes of at least 4 members (excludes halogenated alkanes) is 1. The smallest absolute Gasteiger partial charge is 0.410 e. The molecule has 3 heterocycles. The number of esters is 1. The van der Waals surface area contributed by atoms with Crippen molar-refractivity contribution in [3.63, 3.8) is 0 Å². The van der Waals surface area contributed by atoms with Gasteiger partial charge >= 0.3 is 12.1 Å². The van der Waals surface area contributed by atoms with Gasteiger partial charge in [0.2, 0.25) is 0 Å². The number of ether oxygens (including phenoxy) is 5. The van der Waals surface area contributed by atoms with E-state index < -0.39 is 89.3 Å². The lowest BCUT2D eigenvalue weighted by Gasteiger charge is -2.46. The highest BCUT2D eigenvalue weighted by Crippen LogP contribution is 2.41. The average molecular weight is 701 g/mol. The zero-order chi connectivity index (χ0) is 36.9. The van der Waals surface area contributed by atoms with E-state index in [-0.39, 0.29) is 38.6 Å². The van der Waals surface area contributed by atoms with Crippen LogP contribution < -0.4 is 11.1 Å². The normalized spacial score (nSPS) is 42.7. The summed E-state index contributed by atoms with van der Waals surface area (Å²) >= 11 is 0. The topological polar surface area (TPSA) is 208 Å². The van der Waals surface area contributed by atoms with Gasteiger partial charge in [0.25, 0.3) is 0 Å². The van der Waals surface area contributed by atoms with Crippen molar-refractivity contribution < 1.29 is 47.6 Å². The molecule has 0 aromatic heterocycles. The molecule has 3 fully saturated rings. The fraction of sp³-hybridized carbons (Fsp3) is 0.909. The van der Waals surface area contributed by atoms with Crippen molar-refractivity contribution in [3.05, 3.63) is 10.4 Å². The molecule has 3 rings (SSSR count). The molecule has 3 aliphatic heterocycles. The first-order chi connectivity index (χ1) is 22.9. The van der Waals surface area contributed by atoms with Crippen LogP contribution in [0, 0.1) is 11.8 Å². The Balaban J connectivity index is 2.06. The van der Waals surface area contributed by atoms with E-state index in [9.17, 15) is 19.5 Å². The van der Waals surface area contributed by atoms with E-state index in [1.807, 2.05) is 6.92 Å². The van der Waals surface area contributed by atoms with E-state index in [0.717, 1.165) is 0 Å². The Kier molecular flexibility index (Phi) is 13.9. The molecule has 15 nitrogen and oxygen atoms in total. The number of carbonyl (C=O) groups excluding carboxylic acids is 3. The zero-order valence-electron chi connectivity index (χ0n) is 30.4. The van der Waals surface area contributed by atoms with Gasteiger partial charge in [-0.1, -0.05) is 19.0 Å². The number of fused-ring (bicyclic) bond motifs is 1. The largest absolute Gasteiger partial charge is 0.458 e. The molecule has 0 radical (unpaired) electrons. The number of nitrogens with one attached hydrogen (secondary N) is 1. The van der Waals surface area contributed by atoms with Crippen LogP contribution >= 0.6 is 0 Å². The van der Waals surface area contributed by atoms with Crippen molar-refractivity contribution in [3.8, 4) is 0 Å². The van der Waals surface area contributed by atoms with Crippen LogP contribution in [0.5, 0.6) is 0 Å². The van der Waals surface area contributed by atoms with Gasteiger partial charge in [0.05, 0.1) is 23.9 Å². The summed E-state index contributed by atoms with van der Waals surface area (Å²) in [5.41, 5.74) is 9.99. The van der Waals surface area contributed by atoms with Crippen LogP contribution in [0.2, 0.25) is 0 Å². The molecule has 0 bridgehead atoms. The molecule has 13 atom stereocenters. The fourth-order valence-electron chi connectivity index (χ4n) is 7.71. The summed E-state index contributed by atoms with van der Waals surface area (Å²) in [4.78, 5) is 45.5. The molecular weight excluding hydrogens is 643 g/mol. The monoisotopic (exact) mass is 700 g/mol.